The number of hydrogen-bond acceptors (Lipinski definition) is 17. The number of phenols is 2. The molecule has 2 aromatic rings. The fourth-order valence-electron chi connectivity index (χ4n) is 9.09. The maximum atomic E-state index is 14.8. The molecular weight excluding hydrogens is 1030 g/mol. The van der Waals surface area contributed by atoms with Gasteiger partial charge in [-0.1, -0.05) is 58.4 Å². The maximum Gasteiger partial charge on any atom is 0.329 e. The number of cyclic esters (lactones) is 1. The number of amides is 9. The summed E-state index contributed by atoms with van der Waals surface area (Å²) in [5.41, 5.74) is 6.48. The van der Waals surface area contributed by atoms with Crippen molar-refractivity contribution in [3.63, 3.8) is 0 Å². The Morgan fingerprint density at radius 1 is 0.772 bits per heavy atom. The highest BCUT2D eigenvalue weighted by Gasteiger charge is 2.47. The van der Waals surface area contributed by atoms with E-state index in [2.05, 4.69) is 31.9 Å². The number of carbonyl (C=O) groups excluding carboxylic acids is 10. The van der Waals surface area contributed by atoms with Gasteiger partial charge in [-0.05, 0) is 99.6 Å². The van der Waals surface area contributed by atoms with Crippen molar-refractivity contribution < 1.29 is 83.3 Å². The Morgan fingerprint density at radius 2 is 1.35 bits per heavy atom. The summed E-state index contributed by atoms with van der Waals surface area (Å²) in [6, 6.07) is -1.54. The monoisotopic (exact) mass is 1110 g/mol. The molecule has 0 aromatic heterocycles. The van der Waals surface area contributed by atoms with E-state index in [1.165, 1.54) is 57.3 Å². The Balaban J connectivity index is 1.84. The fourth-order valence-corrected chi connectivity index (χ4v) is 9.09. The lowest BCUT2D eigenvalue weighted by atomic mass is 9.95. The summed E-state index contributed by atoms with van der Waals surface area (Å²) < 4.78 is 5.91. The number of aromatic hydroxyl groups is 2. The Bertz CT molecular complexity index is 2480. The zero-order valence-electron chi connectivity index (χ0n) is 45.4. The molecule has 2 saturated heterocycles. The molecule has 0 saturated carbocycles. The number of aryl methyl sites for hydroxylation is 1. The molecule has 26 heteroatoms. The number of ether oxygens (including phenoxy) is 1. The zero-order valence-corrected chi connectivity index (χ0v) is 45.4. The number of piperidine rings is 1. The second-order valence-electron chi connectivity index (χ2n) is 20.6. The number of hydrogen-bond donors (Lipinski definition) is 13. The van der Waals surface area contributed by atoms with Crippen LogP contribution in [0.2, 0.25) is 0 Å². The number of aliphatic hydroxyl groups is 4. The molecule has 0 radical (unpaired) electrons. The number of nitrogens with one attached hydrogen (secondary N) is 6. The lowest BCUT2D eigenvalue weighted by Gasteiger charge is -2.43. The summed E-state index contributed by atoms with van der Waals surface area (Å²) >= 11 is 0. The quantitative estimate of drug-likeness (QED) is 0.0603. The van der Waals surface area contributed by atoms with Crippen LogP contribution >= 0.6 is 0 Å². The number of nitrogens with two attached hydrogens (primary N) is 1. The van der Waals surface area contributed by atoms with Crippen molar-refractivity contribution in [2.24, 2.45) is 17.6 Å². The van der Waals surface area contributed by atoms with E-state index in [4.69, 9.17) is 10.5 Å². The Hall–Kier alpha value is -7.42. The van der Waals surface area contributed by atoms with Crippen molar-refractivity contribution in [3.05, 3.63) is 59.7 Å². The van der Waals surface area contributed by atoms with Crippen LogP contribution in [-0.2, 0) is 65.5 Å². The summed E-state index contributed by atoms with van der Waals surface area (Å²) in [6.07, 6.45) is -8.60. The van der Waals surface area contributed by atoms with Crippen LogP contribution in [0, 0.1) is 11.8 Å². The van der Waals surface area contributed by atoms with Crippen LogP contribution in [0.3, 0.4) is 0 Å². The molecule has 2 bridgehead atoms. The molecule has 2 aliphatic heterocycles. The van der Waals surface area contributed by atoms with Gasteiger partial charge in [-0.15, -0.1) is 0 Å². The van der Waals surface area contributed by atoms with Gasteiger partial charge in [-0.25, -0.2) is 4.79 Å². The number of aliphatic hydroxyl groups excluding tert-OH is 4. The molecule has 4 rings (SSSR count). The molecule has 9 amide bonds. The van der Waals surface area contributed by atoms with Gasteiger partial charge < -0.3 is 82.8 Å². The number of likely N-dealkylation sites (N-methyl/N-ethyl adjacent to an activating group) is 1. The molecule has 2 fully saturated rings. The molecule has 3 unspecified atom stereocenters. The van der Waals surface area contributed by atoms with Crippen LogP contribution in [0.5, 0.6) is 11.5 Å². The molecule has 0 aliphatic carbocycles. The van der Waals surface area contributed by atoms with Gasteiger partial charge in [0.25, 0.3) is 5.91 Å². The van der Waals surface area contributed by atoms with E-state index >= 15 is 0 Å². The van der Waals surface area contributed by atoms with Crippen molar-refractivity contribution in [2.45, 2.75) is 172 Å². The highest BCUT2D eigenvalue weighted by atomic mass is 16.5. The van der Waals surface area contributed by atoms with Gasteiger partial charge in [0.1, 0.15) is 72.2 Å². The molecule has 26 nitrogen and oxygen atoms in total. The molecule has 14 N–H and O–H groups in total. The number of primary amides is 1. The number of esters is 1. The lowest BCUT2D eigenvalue weighted by Crippen LogP contribution is -2.67. The number of rotatable bonds is 20. The first-order valence-corrected chi connectivity index (χ1v) is 26.3. The van der Waals surface area contributed by atoms with Crippen LogP contribution in [0.15, 0.2) is 48.5 Å². The Morgan fingerprint density at radius 3 is 1.91 bits per heavy atom. The van der Waals surface area contributed by atoms with Gasteiger partial charge >= 0.3 is 5.97 Å². The average Bonchev–Trinajstić information content (AvgIpc) is 3.40. The van der Waals surface area contributed by atoms with Crippen LogP contribution < -0.4 is 37.6 Å². The van der Waals surface area contributed by atoms with Crippen molar-refractivity contribution in [3.8, 4) is 11.5 Å². The first-order chi connectivity index (χ1) is 37.2. The zero-order chi connectivity index (χ0) is 59.0. The molecule has 13 atom stereocenters. The third-order valence-electron chi connectivity index (χ3n) is 13.9. The Kier molecular flexibility index (Phi) is 24.0. The van der Waals surface area contributed by atoms with Gasteiger partial charge in [0.05, 0.1) is 12.7 Å². The molecule has 79 heavy (non-hydrogen) atoms. The van der Waals surface area contributed by atoms with Gasteiger partial charge in [-0.2, -0.15) is 0 Å². The lowest BCUT2D eigenvalue weighted by molar-refractivity contribution is -0.170. The number of benzene rings is 2. The second kappa shape index (κ2) is 29.5. The average molecular weight is 1110 g/mol. The van der Waals surface area contributed by atoms with Gasteiger partial charge in [0.2, 0.25) is 47.3 Å². The van der Waals surface area contributed by atoms with E-state index in [1.54, 1.807) is 39.8 Å². The molecule has 2 heterocycles. The van der Waals surface area contributed by atoms with E-state index in [0.29, 0.717) is 11.1 Å². The molecule has 0 spiro atoms. The van der Waals surface area contributed by atoms with E-state index in [1.807, 2.05) is 0 Å². The fraction of sp³-hybridized carbons (Fsp3) is 0.585. The highest BCUT2D eigenvalue weighted by molar-refractivity contribution is 5.99. The molecular formula is C53H77N9O17. The normalized spacial score (nSPS) is 24.7. The number of phenolic OH excluding ortho intramolecular Hbond substituents is 2. The first-order valence-electron chi connectivity index (χ1n) is 26.3. The third kappa shape index (κ3) is 18.1. The summed E-state index contributed by atoms with van der Waals surface area (Å²) in [7, 11) is 1.22. The molecule has 2 aromatic carbocycles. The van der Waals surface area contributed by atoms with Crippen LogP contribution in [0.4, 0.5) is 0 Å². The van der Waals surface area contributed by atoms with Crippen LogP contribution in [-0.4, -0.2) is 186 Å². The first kappa shape index (κ1) is 64.1. The predicted molar refractivity (Wildman–Crippen MR) is 280 cm³/mol. The van der Waals surface area contributed by atoms with Crippen molar-refractivity contribution in [1.82, 2.24) is 41.7 Å². The second-order valence-corrected chi connectivity index (χ2v) is 20.6. The summed E-state index contributed by atoms with van der Waals surface area (Å²) in [5.74, 6) is -11.7. The molecule has 2 aliphatic rings. The number of fused-ring (bicyclic) bond motifs is 2. The predicted octanol–water partition coefficient (Wildman–Crippen LogP) is -2.64. The highest BCUT2D eigenvalue weighted by Crippen LogP contribution is 2.26. The SMILES string of the molecule is CC[C@H](C)[C@@H]1NC(=O)[C@H](Cc2ccc(O)cc2)N(C)C(=O)[C@H]([C@@H](C)O)N2C(=O)C(CCC2O)NC(=O)[C@H](CC(C)C)NC(=O)[C@@H](NC(=O)[C@H](CCC(N)=O)NC(=O)C(CCc2ccc(O)cc2)NC(=O)[C@H](O)CO)[C@@H](C)OC1=O. The minimum Gasteiger partial charge on any atom is -0.508 e. The van der Waals surface area contributed by atoms with Crippen molar-refractivity contribution in [2.75, 3.05) is 13.7 Å². The van der Waals surface area contributed by atoms with Crippen molar-refractivity contribution >= 4 is 59.1 Å². The summed E-state index contributed by atoms with van der Waals surface area (Å²) in [4.78, 5) is 143. The van der Waals surface area contributed by atoms with Gasteiger partial charge in [-0.3, -0.25) is 43.2 Å². The van der Waals surface area contributed by atoms with Gasteiger partial charge in [0.15, 0.2) is 6.10 Å². The minimum atomic E-state index is -1.96. The maximum absolute atomic E-state index is 14.8. The molecule has 436 valence electrons. The topological polar surface area (TPSA) is 406 Å². The number of carbonyl (C=O) groups is 10. The van der Waals surface area contributed by atoms with E-state index < -0.39 is 157 Å². The largest absolute Gasteiger partial charge is 0.508 e. The van der Waals surface area contributed by atoms with E-state index in [-0.39, 0.29) is 62.4 Å². The van der Waals surface area contributed by atoms with E-state index in [0.717, 1.165) is 9.80 Å². The van der Waals surface area contributed by atoms with E-state index in [9.17, 15) is 78.6 Å². The smallest absolute Gasteiger partial charge is 0.329 e. The standard InChI is InChI=1S/C53H77N9O17/c1-8-27(4)42-53(78)79-29(6)43(60-46(71)35(19-21-40(54)68)55-45(70)34(56-49(74)39(67)25-63)18-13-30-9-14-32(65)15-10-30)50(75)58-37(23-26(2)3)47(72)57-36-20-22-41(69)62(51(36)76)44(28(5)64)52(77)61(7)38(48(73)59-42)24-31-11-16-33(66)17-12-31/h9-12,14-17,26-29,34-39,41-44,63-67,69H,8,13,18-25H2,1-7H3,(H2,54,68)(H,55,70)(H,56,74)(H,57,72)(H,58,75)(H,59,73)(H,60,71)/t27-,28+,29+,34?,35-,36?,37-,38-,39+,41?,42-,43-,44-/m0/s1. The summed E-state index contributed by atoms with van der Waals surface area (Å²) in [6.45, 7) is 8.12. The third-order valence-corrected chi connectivity index (χ3v) is 13.9. The van der Waals surface area contributed by atoms with Crippen molar-refractivity contribution in [1.29, 1.82) is 0 Å². The number of nitrogens with zero attached hydrogens (tertiary/aromatic N) is 2. The summed E-state index contributed by atoms with van der Waals surface area (Å²) in [5, 5.41) is 76.9. The van der Waals surface area contributed by atoms with Gasteiger partial charge in [0, 0.05) is 19.9 Å². The van der Waals surface area contributed by atoms with Crippen LogP contribution in [0.1, 0.15) is 97.6 Å². The minimum absolute atomic E-state index is 0.0484. The Labute approximate surface area is 457 Å². The van der Waals surface area contributed by atoms with Crippen LogP contribution in [0.25, 0.3) is 0 Å².